The zero-order chi connectivity index (χ0) is 20.3. The molecule has 2 aliphatic rings. The molecule has 0 radical (unpaired) electrons. The molecule has 0 spiro atoms. The van der Waals surface area contributed by atoms with E-state index in [-0.39, 0.29) is 5.91 Å². The molecule has 0 unspecified atom stereocenters. The Bertz CT molecular complexity index is 998. The highest BCUT2D eigenvalue weighted by Gasteiger charge is 2.23. The molecule has 0 atom stereocenters. The predicted octanol–water partition coefficient (Wildman–Crippen LogP) is 4.50. The van der Waals surface area contributed by atoms with Crippen molar-refractivity contribution in [1.82, 2.24) is 19.4 Å². The van der Waals surface area contributed by atoms with Crippen molar-refractivity contribution >= 4 is 16.9 Å². The van der Waals surface area contributed by atoms with Crippen LogP contribution in [0.15, 0.2) is 54.9 Å². The average molecular weight is 403 g/mol. The van der Waals surface area contributed by atoms with E-state index >= 15 is 0 Å². The fourth-order valence-corrected chi connectivity index (χ4v) is 4.95. The highest BCUT2D eigenvalue weighted by atomic mass is 16.2. The van der Waals surface area contributed by atoms with E-state index in [1.807, 2.05) is 23.4 Å². The monoisotopic (exact) mass is 402 g/mol. The van der Waals surface area contributed by atoms with Crippen LogP contribution in [0, 0.1) is 0 Å². The van der Waals surface area contributed by atoms with Gasteiger partial charge in [-0.05, 0) is 36.6 Å². The van der Waals surface area contributed by atoms with Crippen LogP contribution in [-0.2, 0) is 6.54 Å². The van der Waals surface area contributed by atoms with Gasteiger partial charge in [0.15, 0.2) is 0 Å². The van der Waals surface area contributed by atoms with Gasteiger partial charge in [0.1, 0.15) is 0 Å². The Morgan fingerprint density at radius 3 is 2.47 bits per heavy atom. The smallest absolute Gasteiger partial charge is 0.254 e. The summed E-state index contributed by atoms with van der Waals surface area (Å²) in [6.07, 6.45) is 8.39. The van der Waals surface area contributed by atoms with Crippen LogP contribution in [0.5, 0.6) is 0 Å². The summed E-state index contributed by atoms with van der Waals surface area (Å²) in [6.45, 7) is 4.34. The van der Waals surface area contributed by atoms with Crippen LogP contribution in [0.25, 0.3) is 11.0 Å². The number of piperazine rings is 1. The summed E-state index contributed by atoms with van der Waals surface area (Å²) in [5, 5.41) is 0. The maximum atomic E-state index is 13.1. The summed E-state index contributed by atoms with van der Waals surface area (Å²) in [6, 6.07) is 17.2. The highest BCUT2D eigenvalue weighted by Crippen LogP contribution is 2.31. The molecule has 5 rings (SSSR count). The van der Waals surface area contributed by atoms with E-state index in [1.165, 1.54) is 37.7 Å². The van der Waals surface area contributed by atoms with E-state index in [0.29, 0.717) is 6.04 Å². The van der Waals surface area contributed by atoms with Crippen LogP contribution in [-0.4, -0.2) is 51.4 Å². The third-order valence-corrected chi connectivity index (χ3v) is 6.70. The molecule has 5 nitrogen and oxygen atoms in total. The quantitative estimate of drug-likeness (QED) is 0.645. The summed E-state index contributed by atoms with van der Waals surface area (Å²) < 4.78 is 2.32. The summed E-state index contributed by atoms with van der Waals surface area (Å²) in [4.78, 5) is 22.1. The van der Waals surface area contributed by atoms with Crippen LogP contribution in [0.3, 0.4) is 0 Å². The van der Waals surface area contributed by atoms with E-state index in [4.69, 9.17) is 0 Å². The lowest BCUT2D eigenvalue weighted by Gasteiger charge is -2.34. The molecular formula is C25H30N4O. The average Bonchev–Trinajstić information content (AvgIpc) is 3.24. The minimum absolute atomic E-state index is 0.128. The van der Waals surface area contributed by atoms with E-state index in [1.54, 1.807) is 0 Å². The maximum Gasteiger partial charge on any atom is 0.254 e. The van der Waals surface area contributed by atoms with Crippen LogP contribution < -0.4 is 0 Å². The fourth-order valence-electron chi connectivity index (χ4n) is 4.95. The molecule has 1 aromatic heterocycles. The second kappa shape index (κ2) is 8.60. The van der Waals surface area contributed by atoms with E-state index in [2.05, 4.69) is 50.8 Å². The molecule has 2 fully saturated rings. The molecule has 1 saturated heterocycles. The standard InChI is InChI=1S/C25H30N4O/c30-25(28-15-13-27(14-16-28)18-20-7-3-1-4-8-20)21-11-12-24-23(17-21)26-19-29(24)22-9-5-2-6-10-22/h1,3-4,7-8,11-12,17,19,22H,2,5-6,9-10,13-16,18H2. The van der Waals surface area contributed by atoms with Gasteiger partial charge in [-0.25, -0.2) is 4.98 Å². The van der Waals surface area contributed by atoms with Crippen molar-refractivity contribution in [3.8, 4) is 0 Å². The number of nitrogens with zero attached hydrogens (tertiary/aromatic N) is 4. The number of rotatable bonds is 4. The summed E-state index contributed by atoms with van der Waals surface area (Å²) in [5.41, 5.74) is 4.18. The van der Waals surface area contributed by atoms with Gasteiger partial charge in [-0.2, -0.15) is 0 Å². The fraction of sp³-hybridized carbons (Fsp3) is 0.440. The zero-order valence-corrected chi connectivity index (χ0v) is 17.5. The Morgan fingerprint density at radius 1 is 0.933 bits per heavy atom. The SMILES string of the molecule is O=C(c1ccc2c(c1)ncn2C1CCCCC1)N1CCN(Cc2ccccc2)CC1. The molecule has 30 heavy (non-hydrogen) atoms. The summed E-state index contributed by atoms with van der Waals surface area (Å²) >= 11 is 0. The predicted molar refractivity (Wildman–Crippen MR) is 119 cm³/mol. The van der Waals surface area contributed by atoms with Gasteiger partial charge < -0.3 is 9.47 Å². The Hall–Kier alpha value is -2.66. The minimum atomic E-state index is 0.128. The summed E-state index contributed by atoms with van der Waals surface area (Å²) in [7, 11) is 0. The van der Waals surface area contributed by atoms with Crippen molar-refractivity contribution in [2.24, 2.45) is 0 Å². The van der Waals surface area contributed by atoms with Crippen molar-refractivity contribution in [1.29, 1.82) is 0 Å². The highest BCUT2D eigenvalue weighted by molar-refractivity contribution is 5.97. The van der Waals surface area contributed by atoms with Gasteiger partial charge in [0.2, 0.25) is 0 Å². The number of aromatic nitrogens is 2. The van der Waals surface area contributed by atoms with Crippen molar-refractivity contribution < 1.29 is 4.79 Å². The molecule has 3 aromatic rings. The van der Waals surface area contributed by atoms with Gasteiger partial charge in [0.05, 0.1) is 17.4 Å². The number of carbonyl (C=O) groups is 1. The van der Waals surface area contributed by atoms with E-state index in [9.17, 15) is 4.79 Å². The van der Waals surface area contributed by atoms with Crippen molar-refractivity contribution in [3.63, 3.8) is 0 Å². The lowest BCUT2D eigenvalue weighted by atomic mass is 9.95. The van der Waals surface area contributed by atoms with Gasteiger partial charge in [0, 0.05) is 44.3 Å². The van der Waals surface area contributed by atoms with Gasteiger partial charge in [0.25, 0.3) is 5.91 Å². The first kappa shape index (κ1) is 19.3. The second-order valence-electron chi connectivity index (χ2n) is 8.70. The number of imidazole rings is 1. The van der Waals surface area contributed by atoms with Crippen molar-refractivity contribution in [3.05, 3.63) is 66.0 Å². The Kier molecular flexibility index (Phi) is 5.54. The number of hydrogen-bond acceptors (Lipinski definition) is 3. The number of hydrogen-bond donors (Lipinski definition) is 0. The maximum absolute atomic E-state index is 13.1. The number of benzene rings is 2. The lowest BCUT2D eigenvalue weighted by molar-refractivity contribution is 0.0628. The van der Waals surface area contributed by atoms with Gasteiger partial charge >= 0.3 is 0 Å². The van der Waals surface area contributed by atoms with Crippen LogP contribution in [0.1, 0.15) is 54.1 Å². The minimum Gasteiger partial charge on any atom is -0.336 e. The van der Waals surface area contributed by atoms with Crippen molar-refractivity contribution in [2.75, 3.05) is 26.2 Å². The molecule has 1 aliphatic carbocycles. The molecule has 2 aromatic carbocycles. The first-order valence-corrected chi connectivity index (χ1v) is 11.3. The topological polar surface area (TPSA) is 41.4 Å². The van der Waals surface area contributed by atoms with Crippen LogP contribution >= 0.6 is 0 Å². The largest absolute Gasteiger partial charge is 0.336 e. The molecule has 1 amide bonds. The Balaban J connectivity index is 1.24. The molecular weight excluding hydrogens is 372 g/mol. The van der Waals surface area contributed by atoms with E-state index in [0.717, 1.165) is 49.3 Å². The lowest BCUT2D eigenvalue weighted by Crippen LogP contribution is -2.48. The van der Waals surface area contributed by atoms with Gasteiger partial charge in [-0.1, -0.05) is 49.6 Å². The number of carbonyl (C=O) groups excluding carboxylic acids is 1. The van der Waals surface area contributed by atoms with Gasteiger partial charge in [-0.3, -0.25) is 9.69 Å². The third kappa shape index (κ3) is 3.99. The second-order valence-corrected chi connectivity index (χ2v) is 8.70. The first-order chi connectivity index (χ1) is 14.8. The molecule has 2 heterocycles. The first-order valence-electron chi connectivity index (χ1n) is 11.3. The molecule has 1 aliphatic heterocycles. The van der Waals surface area contributed by atoms with Gasteiger partial charge in [-0.15, -0.1) is 0 Å². The van der Waals surface area contributed by atoms with Crippen LogP contribution in [0.4, 0.5) is 0 Å². The zero-order valence-electron chi connectivity index (χ0n) is 17.5. The molecule has 156 valence electrons. The summed E-state index contributed by atoms with van der Waals surface area (Å²) in [5.74, 6) is 0.128. The molecule has 5 heteroatoms. The molecule has 0 bridgehead atoms. The van der Waals surface area contributed by atoms with E-state index < -0.39 is 0 Å². The normalized spacial score (nSPS) is 18.7. The molecule has 0 N–H and O–H groups in total. The Morgan fingerprint density at radius 2 is 1.70 bits per heavy atom. The van der Waals surface area contributed by atoms with Crippen molar-refractivity contribution in [2.45, 2.75) is 44.7 Å². The molecule has 1 saturated carbocycles. The third-order valence-electron chi connectivity index (χ3n) is 6.70. The number of amides is 1. The Labute approximate surface area is 178 Å². The number of fused-ring (bicyclic) bond motifs is 1. The van der Waals surface area contributed by atoms with Crippen LogP contribution in [0.2, 0.25) is 0 Å².